The van der Waals surface area contributed by atoms with Gasteiger partial charge in [0.2, 0.25) is 0 Å². The van der Waals surface area contributed by atoms with Crippen LogP contribution in [-0.2, 0) is 0 Å². The number of hydrogen-bond acceptors (Lipinski definition) is 2. The van der Waals surface area contributed by atoms with Gasteiger partial charge in [-0.25, -0.2) is 0 Å². The van der Waals surface area contributed by atoms with Crippen molar-refractivity contribution in [3.8, 4) is 0 Å². The Morgan fingerprint density at radius 3 is 2.12 bits per heavy atom. The Bertz CT molecular complexity index is 229. The van der Waals surface area contributed by atoms with Crippen LogP contribution in [-0.4, -0.2) is 23.4 Å². The molecule has 2 N–H and O–H groups in total. The summed E-state index contributed by atoms with van der Waals surface area (Å²) in [5, 5.41) is 17.4. The van der Waals surface area contributed by atoms with Crippen LogP contribution in [0.4, 0.5) is 0 Å². The third kappa shape index (κ3) is 11.7. The van der Waals surface area contributed by atoms with Crippen LogP contribution in [0.5, 0.6) is 0 Å². The third-order valence-electron chi connectivity index (χ3n) is 2.95. The van der Waals surface area contributed by atoms with Crippen molar-refractivity contribution in [2.75, 3.05) is 13.2 Å². The van der Waals surface area contributed by atoms with E-state index in [2.05, 4.69) is 19.9 Å². The summed E-state index contributed by atoms with van der Waals surface area (Å²) in [4.78, 5) is 0. The maximum atomic E-state index is 8.72. The lowest BCUT2D eigenvalue weighted by atomic mass is 10.0. The van der Waals surface area contributed by atoms with E-state index in [0.29, 0.717) is 6.61 Å². The van der Waals surface area contributed by atoms with Gasteiger partial charge in [-0.05, 0) is 46.0 Å². The van der Waals surface area contributed by atoms with E-state index in [1.807, 2.05) is 6.08 Å². The van der Waals surface area contributed by atoms with Crippen molar-refractivity contribution < 1.29 is 10.2 Å². The quantitative estimate of drug-likeness (QED) is 0.452. The first-order valence-electron chi connectivity index (χ1n) is 6.73. The summed E-state index contributed by atoms with van der Waals surface area (Å²) in [6.45, 7) is 4.73. The zero-order valence-corrected chi connectivity index (χ0v) is 11.4. The minimum atomic E-state index is 0.152. The van der Waals surface area contributed by atoms with E-state index in [0.717, 1.165) is 25.7 Å². The predicted molar refractivity (Wildman–Crippen MR) is 74.0 cm³/mol. The van der Waals surface area contributed by atoms with Crippen LogP contribution in [0.1, 0.15) is 58.8 Å². The molecule has 0 amide bonds. The van der Waals surface area contributed by atoms with Gasteiger partial charge in [-0.2, -0.15) is 0 Å². The molecule has 100 valence electrons. The molecule has 0 atom stereocenters. The molecule has 0 spiro atoms. The average molecular weight is 240 g/mol. The summed E-state index contributed by atoms with van der Waals surface area (Å²) in [5.74, 6) is 0. The molecule has 0 aliphatic heterocycles. The number of unbranched alkanes of at least 4 members (excludes halogenated alkanes) is 3. The van der Waals surface area contributed by atoms with Crippen LogP contribution in [0, 0.1) is 0 Å². The van der Waals surface area contributed by atoms with Crippen LogP contribution in [0.25, 0.3) is 0 Å². The molecule has 17 heavy (non-hydrogen) atoms. The first-order valence-corrected chi connectivity index (χ1v) is 6.73. The second-order valence-electron chi connectivity index (χ2n) is 4.71. The van der Waals surface area contributed by atoms with E-state index < -0.39 is 0 Å². The van der Waals surface area contributed by atoms with Gasteiger partial charge in [-0.15, -0.1) is 0 Å². The molecule has 0 aromatic rings. The zero-order chi connectivity index (χ0) is 12.9. The lowest BCUT2D eigenvalue weighted by molar-refractivity contribution is 0.282. The van der Waals surface area contributed by atoms with E-state index >= 15 is 0 Å². The maximum Gasteiger partial charge on any atom is 0.0614 e. The SMILES string of the molecule is C/C(=C\CO)CC/C=C(\C)CCCCCCO. The molecule has 0 rings (SSSR count). The molecule has 0 aliphatic rings. The molecule has 0 aromatic carbocycles. The number of rotatable bonds is 10. The summed E-state index contributed by atoms with van der Waals surface area (Å²) >= 11 is 0. The first kappa shape index (κ1) is 16.4. The van der Waals surface area contributed by atoms with Crippen molar-refractivity contribution >= 4 is 0 Å². The highest BCUT2D eigenvalue weighted by atomic mass is 16.3. The maximum absolute atomic E-state index is 8.72. The zero-order valence-electron chi connectivity index (χ0n) is 11.4. The molecule has 0 heterocycles. The van der Waals surface area contributed by atoms with E-state index in [4.69, 9.17) is 10.2 Å². The Balaban J connectivity index is 3.54. The van der Waals surface area contributed by atoms with Crippen molar-refractivity contribution in [2.24, 2.45) is 0 Å². The summed E-state index contributed by atoms with van der Waals surface area (Å²) in [5.41, 5.74) is 2.73. The molecule has 0 aromatic heterocycles. The monoisotopic (exact) mass is 240 g/mol. The van der Waals surface area contributed by atoms with Gasteiger partial charge in [0.15, 0.2) is 0 Å². The van der Waals surface area contributed by atoms with Gasteiger partial charge in [-0.1, -0.05) is 36.1 Å². The Labute approximate surface area is 106 Å². The highest BCUT2D eigenvalue weighted by molar-refractivity contribution is 5.03. The Morgan fingerprint density at radius 2 is 1.47 bits per heavy atom. The van der Waals surface area contributed by atoms with Crippen molar-refractivity contribution in [1.82, 2.24) is 0 Å². The van der Waals surface area contributed by atoms with Crippen molar-refractivity contribution in [1.29, 1.82) is 0 Å². The fraction of sp³-hybridized carbons (Fsp3) is 0.733. The molecule has 0 unspecified atom stereocenters. The first-order chi connectivity index (χ1) is 8.20. The number of allylic oxidation sites excluding steroid dienone is 3. The summed E-state index contributed by atoms with van der Waals surface area (Å²) in [6.07, 6.45) is 12.0. The average Bonchev–Trinajstić information content (AvgIpc) is 2.29. The second kappa shape index (κ2) is 11.9. The Hall–Kier alpha value is -0.600. The molecule has 0 aliphatic carbocycles. The summed E-state index contributed by atoms with van der Waals surface area (Å²) in [6, 6.07) is 0. The van der Waals surface area contributed by atoms with E-state index in [1.165, 1.54) is 30.4 Å². The van der Waals surface area contributed by atoms with Gasteiger partial charge >= 0.3 is 0 Å². The second-order valence-corrected chi connectivity index (χ2v) is 4.71. The molecule has 0 fully saturated rings. The standard InChI is InChI=1S/C15H28O2/c1-14(8-5-3-4-6-12-16)9-7-10-15(2)11-13-17/h9,11,16-17H,3-8,10,12-13H2,1-2H3/b14-9+,15-11+. The Kier molecular flexibility index (Phi) is 11.5. The van der Waals surface area contributed by atoms with Gasteiger partial charge < -0.3 is 10.2 Å². The van der Waals surface area contributed by atoms with Crippen LogP contribution >= 0.6 is 0 Å². The van der Waals surface area contributed by atoms with Gasteiger partial charge in [0.25, 0.3) is 0 Å². The van der Waals surface area contributed by atoms with Crippen LogP contribution in [0.3, 0.4) is 0 Å². The number of aliphatic hydroxyl groups excluding tert-OH is 2. The van der Waals surface area contributed by atoms with Crippen molar-refractivity contribution in [3.05, 3.63) is 23.3 Å². The molecule has 0 saturated heterocycles. The van der Waals surface area contributed by atoms with Crippen LogP contribution in [0.2, 0.25) is 0 Å². The van der Waals surface area contributed by atoms with E-state index in [-0.39, 0.29) is 6.61 Å². The number of aliphatic hydroxyl groups is 2. The smallest absolute Gasteiger partial charge is 0.0614 e. The minimum absolute atomic E-state index is 0.152. The largest absolute Gasteiger partial charge is 0.396 e. The fourth-order valence-electron chi connectivity index (χ4n) is 1.78. The molecule has 2 nitrogen and oxygen atoms in total. The van der Waals surface area contributed by atoms with Gasteiger partial charge in [0.1, 0.15) is 0 Å². The fourth-order valence-corrected chi connectivity index (χ4v) is 1.78. The van der Waals surface area contributed by atoms with Crippen LogP contribution in [0.15, 0.2) is 23.3 Å². The summed E-state index contributed by atoms with van der Waals surface area (Å²) < 4.78 is 0. The topological polar surface area (TPSA) is 40.5 Å². The Morgan fingerprint density at radius 1 is 0.824 bits per heavy atom. The summed E-state index contributed by atoms with van der Waals surface area (Å²) in [7, 11) is 0. The highest BCUT2D eigenvalue weighted by Crippen LogP contribution is 2.12. The molecular weight excluding hydrogens is 212 g/mol. The lowest BCUT2D eigenvalue weighted by Gasteiger charge is -2.02. The third-order valence-corrected chi connectivity index (χ3v) is 2.95. The van der Waals surface area contributed by atoms with Gasteiger partial charge in [0.05, 0.1) is 6.61 Å². The van der Waals surface area contributed by atoms with Gasteiger partial charge in [-0.3, -0.25) is 0 Å². The lowest BCUT2D eigenvalue weighted by Crippen LogP contribution is -1.85. The molecule has 0 radical (unpaired) electrons. The van der Waals surface area contributed by atoms with E-state index in [9.17, 15) is 0 Å². The molecule has 0 saturated carbocycles. The van der Waals surface area contributed by atoms with Crippen LogP contribution < -0.4 is 0 Å². The molecular formula is C15H28O2. The normalized spacial score (nSPS) is 13.2. The molecule has 2 heteroatoms. The minimum Gasteiger partial charge on any atom is -0.396 e. The predicted octanol–water partition coefficient (Wildman–Crippen LogP) is 3.59. The van der Waals surface area contributed by atoms with Gasteiger partial charge in [0, 0.05) is 6.61 Å². The number of hydrogen-bond donors (Lipinski definition) is 2. The van der Waals surface area contributed by atoms with E-state index in [1.54, 1.807) is 0 Å². The van der Waals surface area contributed by atoms with Crippen molar-refractivity contribution in [2.45, 2.75) is 58.8 Å². The molecule has 0 bridgehead atoms. The van der Waals surface area contributed by atoms with Crippen molar-refractivity contribution in [3.63, 3.8) is 0 Å². The highest BCUT2D eigenvalue weighted by Gasteiger charge is 1.93.